The van der Waals surface area contributed by atoms with Crippen LogP contribution in [0.3, 0.4) is 0 Å². The molecule has 112 valence electrons. The first-order valence-corrected chi connectivity index (χ1v) is 7.81. The Hall–Kier alpha value is -1.97. The number of carbonyl (C=O) groups excluding carboxylic acids is 1. The van der Waals surface area contributed by atoms with Gasteiger partial charge >= 0.3 is 0 Å². The Balaban J connectivity index is 1.80. The van der Waals surface area contributed by atoms with Crippen molar-refractivity contribution in [2.24, 2.45) is 0 Å². The Labute approximate surface area is 126 Å². The van der Waals surface area contributed by atoms with Crippen molar-refractivity contribution in [2.45, 2.75) is 52.0 Å². The van der Waals surface area contributed by atoms with E-state index in [2.05, 4.69) is 17.2 Å². The number of unbranched alkanes of at least 4 members (excludes halogenated alkanes) is 5. The van der Waals surface area contributed by atoms with Crippen molar-refractivity contribution in [1.29, 1.82) is 0 Å². The molecule has 0 fully saturated rings. The summed E-state index contributed by atoms with van der Waals surface area (Å²) in [6, 6.07) is 9.21. The van der Waals surface area contributed by atoms with Gasteiger partial charge in [0.15, 0.2) is 5.69 Å². The van der Waals surface area contributed by atoms with Crippen LogP contribution in [0.25, 0.3) is 0 Å². The minimum absolute atomic E-state index is 0.0650. The smallest absolute Gasteiger partial charge is 0.214 e. The van der Waals surface area contributed by atoms with Crippen LogP contribution in [-0.2, 0) is 6.54 Å². The Morgan fingerprint density at radius 2 is 1.76 bits per heavy atom. The van der Waals surface area contributed by atoms with Gasteiger partial charge in [-0.1, -0.05) is 74.6 Å². The molecule has 0 saturated heterocycles. The minimum atomic E-state index is -0.0650. The Bertz CT molecular complexity index is 548. The normalized spacial score (nSPS) is 10.7. The van der Waals surface area contributed by atoms with Crippen molar-refractivity contribution in [3.05, 3.63) is 47.8 Å². The number of aromatic nitrogens is 3. The molecular formula is C17H23N3O. The number of hydrogen-bond acceptors (Lipinski definition) is 3. The molecule has 1 aromatic carbocycles. The first kappa shape index (κ1) is 15.4. The molecule has 0 aliphatic heterocycles. The zero-order chi connectivity index (χ0) is 14.9. The third kappa shape index (κ3) is 4.81. The van der Waals surface area contributed by atoms with E-state index in [4.69, 9.17) is 0 Å². The summed E-state index contributed by atoms with van der Waals surface area (Å²) in [6.45, 7) is 3.06. The predicted molar refractivity (Wildman–Crippen MR) is 83.3 cm³/mol. The maximum Gasteiger partial charge on any atom is 0.214 e. The van der Waals surface area contributed by atoms with E-state index in [9.17, 15) is 4.79 Å². The van der Waals surface area contributed by atoms with E-state index in [0.29, 0.717) is 11.3 Å². The van der Waals surface area contributed by atoms with E-state index in [1.54, 1.807) is 23.0 Å². The van der Waals surface area contributed by atoms with Gasteiger partial charge in [0.05, 0.1) is 6.20 Å². The molecule has 4 nitrogen and oxygen atoms in total. The van der Waals surface area contributed by atoms with Gasteiger partial charge in [0, 0.05) is 12.1 Å². The first-order valence-electron chi connectivity index (χ1n) is 7.81. The average molecular weight is 285 g/mol. The molecule has 0 amide bonds. The van der Waals surface area contributed by atoms with Gasteiger partial charge in [0.25, 0.3) is 0 Å². The molecule has 0 aliphatic carbocycles. The number of benzene rings is 1. The molecule has 0 spiro atoms. The largest absolute Gasteiger partial charge is 0.287 e. The van der Waals surface area contributed by atoms with Gasteiger partial charge in [-0.05, 0) is 6.42 Å². The van der Waals surface area contributed by atoms with Crippen LogP contribution in [0.1, 0.15) is 61.5 Å². The molecule has 0 aliphatic rings. The van der Waals surface area contributed by atoms with Gasteiger partial charge in [-0.15, -0.1) is 5.10 Å². The molecule has 1 heterocycles. The fourth-order valence-electron chi connectivity index (χ4n) is 2.30. The van der Waals surface area contributed by atoms with Crippen molar-refractivity contribution >= 4 is 5.78 Å². The van der Waals surface area contributed by atoms with Gasteiger partial charge in [-0.3, -0.25) is 9.48 Å². The van der Waals surface area contributed by atoms with E-state index in [1.807, 2.05) is 18.2 Å². The number of hydrogen-bond donors (Lipinski definition) is 0. The molecule has 0 atom stereocenters. The second-order valence-corrected chi connectivity index (χ2v) is 5.33. The van der Waals surface area contributed by atoms with E-state index < -0.39 is 0 Å². The van der Waals surface area contributed by atoms with Crippen molar-refractivity contribution in [3.8, 4) is 0 Å². The molecule has 21 heavy (non-hydrogen) atoms. The van der Waals surface area contributed by atoms with Gasteiger partial charge in [-0.2, -0.15) is 0 Å². The molecule has 1 aromatic heterocycles. The highest BCUT2D eigenvalue weighted by molar-refractivity contribution is 6.07. The maximum atomic E-state index is 12.2. The molecule has 4 heteroatoms. The number of carbonyl (C=O) groups is 1. The third-order valence-electron chi connectivity index (χ3n) is 3.55. The highest BCUT2D eigenvalue weighted by Crippen LogP contribution is 2.08. The number of rotatable bonds is 9. The van der Waals surface area contributed by atoms with E-state index in [0.717, 1.165) is 13.0 Å². The molecule has 2 aromatic rings. The number of nitrogens with zero attached hydrogens (tertiary/aromatic N) is 3. The Morgan fingerprint density at radius 3 is 2.52 bits per heavy atom. The number of ketones is 1. The topological polar surface area (TPSA) is 47.8 Å². The molecule has 2 rings (SSSR count). The van der Waals surface area contributed by atoms with Crippen LogP contribution in [0.4, 0.5) is 0 Å². The summed E-state index contributed by atoms with van der Waals surface area (Å²) < 4.78 is 1.77. The Kier molecular flexibility index (Phi) is 6.13. The monoisotopic (exact) mass is 285 g/mol. The van der Waals surface area contributed by atoms with Crippen molar-refractivity contribution in [3.63, 3.8) is 0 Å². The van der Waals surface area contributed by atoms with Crippen molar-refractivity contribution in [2.75, 3.05) is 0 Å². The summed E-state index contributed by atoms with van der Waals surface area (Å²) in [5, 5.41) is 8.03. The average Bonchev–Trinajstić information content (AvgIpc) is 3.00. The highest BCUT2D eigenvalue weighted by Gasteiger charge is 2.12. The summed E-state index contributed by atoms with van der Waals surface area (Å²) in [6.07, 6.45) is 9.23. The second-order valence-electron chi connectivity index (χ2n) is 5.33. The lowest BCUT2D eigenvalue weighted by atomic mass is 10.1. The van der Waals surface area contributed by atoms with Gasteiger partial charge in [0.2, 0.25) is 5.78 Å². The lowest BCUT2D eigenvalue weighted by molar-refractivity contribution is 0.103. The fourth-order valence-corrected chi connectivity index (χ4v) is 2.30. The zero-order valence-corrected chi connectivity index (χ0v) is 12.7. The molecule has 0 saturated carbocycles. The Morgan fingerprint density at radius 1 is 1.05 bits per heavy atom. The molecular weight excluding hydrogens is 262 g/mol. The van der Waals surface area contributed by atoms with Crippen molar-refractivity contribution < 1.29 is 4.79 Å². The van der Waals surface area contributed by atoms with Crippen LogP contribution in [0.5, 0.6) is 0 Å². The van der Waals surface area contributed by atoms with Gasteiger partial charge in [-0.25, -0.2) is 0 Å². The summed E-state index contributed by atoms with van der Waals surface area (Å²) in [5.41, 5.74) is 1.08. The summed E-state index contributed by atoms with van der Waals surface area (Å²) in [5.74, 6) is -0.0650. The molecule has 0 N–H and O–H groups in total. The lowest BCUT2D eigenvalue weighted by Crippen LogP contribution is -2.01. The summed E-state index contributed by atoms with van der Waals surface area (Å²) in [7, 11) is 0. The standard InChI is InChI=1S/C17H23N3O/c1-2-3-4-5-6-10-13-20-14-16(18-19-20)17(21)15-11-8-7-9-12-15/h7-9,11-12,14H,2-6,10,13H2,1H3. The lowest BCUT2D eigenvalue weighted by Gasteiger charge is -2.00. The van der Waals surface area contributed by atoms with E-state index in [1.165, 1.54) is 32.1 Å². The van der Waals surface area contributed by atoms with Gasteiger partial charge in [0.1, 0.15) is 0 Å². The zero-order valence-electron chi connectivity index (χ0n) is 12.7. The van der Waals surface area contributed by atoms with E-state index >= 15 is 0 Å². The first-order chi connectivity index (χ1) is 10.3. The van der Waals surface area contributed by atoms with Crippen LogP contribution in [0.15, 0.2) is 36.5 Å². The van der Waals surface area contributed by atoms with Crippen LogP contribution in [0, 0.1) is 0 Å². The van der Waals surface area contributed by atoms with Crippen LogP contribution >= 0.6 is 0 Å². The maximum absolute atomic E-state index is 12.2. The predicted octanol–water partition coefficient (Wildman–Crippen LogP) is 3.87. The van der Waals surface area contributed by atoms with Crippen LogP contribution < -0.4 is 0 Å². The van der Waals surface area contributed by atoms with Crippen LogP contribution in [-0.4, -0.2) is 20.8 Å². The summed E-state index contributed by atoms with van der Waals surface area (Å²) >= 11 is 0. The third-order valence-corrected chi connectivity index (χ3v) is 3.55. The van der Waals surface area contributed by atoms with Crippen molar-refractivity contribution in [1.82, 2.24) is 15.0 Å². The van der Waals surface area contributed by atoms with Gasteiger partial charge < -0.3 is 0 Å². The quantitative estimate of drug-likeness (QED) is 0.519. The number of aryl methyl sites for hydroxylation is 1. The van der Waals surface area contributed by atoms with Crippen LogP contribution in [0.2, 0.25) is 0 Å². The fraction of sp³-hybridized carbons (Fsp3) is 0.471. The SMILES string of the molecule is CCCCCCCCn1cc(C(=O)c2ccccc2)nn1. The molecule has 0 radical (unpaired) electrons. The molecule has 0 unspecified atom stereocenters. The van der Waals surface area contributed by atoms with E-state index in [-0.39, 0.29) is 5.78 Å². The molecule has 0 bridgehead atoms. The minimum Gasteiger partial charge on any atom is -0.287 e. The second kappa shape index (κ2) is 8.35. The highest BCUT2D eigenvalue weighted by atomic mass is 16.1. The summed E-state index contributed by atoms with van der Waals surface area (Å²) in [4.78, 5) is 12.2.